The lowest BCUT2D eigenvalue weighted by atomic mass is 10.1. The van der Waals surface area contributed by atoms with Crippen LogP contribution in [0.5, 0.6) is 5.75 Å². The molecule has 1 atom stereocenters. The monoisotopic (exact) mass is 476 g/mol. The van der Waals surface area contributed by atoms with E-state index in [4.69, 9.17) is 31.3 Å². The number of hydrogen-bond acceptors (Lipinski definition) is 9. The standard InChI is InChI=1S/C21H25ClN6OS2/c1-5-31-21-25-18-17(20(26-21)30-4)19-23-15(11-29-14-8-6-13(22)7-9-14)27-28(19)16(24-18)10-12(2)3/h6-9,11-12,16,27H,5,10H2,1-4H3,(H,24,25,26). The number of benzene rings is 1. The highest BCUT2D eigenvalue weighted by atomic mass is 35.5. The van der Waals surface area contributed by atoms with E-state index in [9.17, 15) is 0 Å². The summed E-state index contributed by atoms with van der Waals surface area (Å²) in [5, 5.41) is 8.00. The maximum atomic E-state index is 5.95. The van der Waals surface area contributed by atoms with Crippen molar-refractivity contribution in [1.82, 2.24) is 20.4 Å². The zero-order valence-corrected chi connectivity index (χ0v) is 20.2. The number of anilines is 1. The highest BCUT2D eigenvalue weighted by molar-refractivity contribution is 7.99. The molecule has 3 heterocycles. The Morgan fingerprint density at radius 2 is 2.03 bits per heavy atom. The smallest absolute Gasteiger partial charge is 0.190 e. The normalized spacial score (nSPS) is 18.4. The molecule has 2 N–H and O–H groups in total. The molecule has 2 aliphatic heterocycles. The SMILES string of the molecule is CCSc1nc2c(c(SC)n1)C1=NC(=COc3ccc(Cl)cc3)NN1C(CC(C)C)N2. The fraction of sp³-hybridized carbons (Fsp3) is 0.381. The molecule has 31 heavy (non-hydrogen) atoms. The Kier molecular flexibility index (Phi) is 6.83. The number of halogens is 1. The second-order valence-electron chi connectivity index (χ2n) is 7.45. The van der Waals surface area contributed by atoms with E-state index in [0.29, 0.717) is 22.5 Å². The van der Waals surface area contributed by atoms with Gasteiger partial charge in [-0.25, -0.2) is 20.0 Å². The average molecular weight is 477 g/mol. The van der Waals surface area contributed by atoms with E-state index in [1.54, 1.807) is 41.9 Å². The van der Waals surface area contributed by atoms with E-state index in [1.807, 2.05) is 18.4 Å². The summed E-state index contributed by atoms with van der Waals surface area (Å²) in [6, 6.07) is 7.22. The molecule has 1 unspecified atom stereocenters. The zero-order valence-electron chi connectivity index (χ0n) is 17.8. The van der Waals surface area contributed by atoms with Crippen LogP contribution in [0.3, 0.4) is 0 Å². The number of aromatic nitrogens is 2. The molecule has 0 aliphatic carbocycles. The van der Waals surface area contributed by atoms with Gasteiger partial charge in [0.25, 0.3) is 0 Å². The minimum Gasteiger partial charge on any atom is -0.461 e. The predicted molar refractivity (Wildman–Crippen MR) is 129 cm³/mol. The summed E-state index contributed by atoms with van der Waals surface area (Å²) in [6.45, 7) is 6.51. The molecule has 0 amide bonds. The lowest BCUT2D eigenvalue weighted by Crippen LogP contribution is -2.53. The Hall–Kier alpha value is -2.10. The Morgan fingerprint density at radius 1 is 1.26 bits per heavy atom. The minimum absolute atomic E-state index is 0.0109. The molecule has 164 valence electrons. The molecule has 1 aromatic carbocycles. The van der Waals surface area contributed by atoms with Gasteiger partial charge in [-0.05, 0) is 48.6 Å². The lowest BCUT2D eigenvalue weighted by molar-refractivity contribution is 0.251. The topological polar surface area (TPSA) is 74.7 Å². The summed E-state index contributed by atoms with van der Waals surface area (Å²) >= 11 is 9.19. The number of hydrogen-bond donors (Lipinski definition) is 2. The highest BCUT2D eigenvalue weighted by Crippen LogP contribution is 2.35. The van der Waals surface area contributed by atoms with Crippen molar-refractivity contribution in [2.75, 3.05) is 17.3 Å². The second-order valence-corrected chi connectivity index (χ2v) is 9.92. The molecular formula is C21H25ClN6OS2. The van der Waals surface area contributed by atoms with Gasteiger partial charge in [0.05, 0.1) is 5.56 Å². The molecule has 0 saturated carbocycles. The van der Waals surface area contributed by atoms with E-state index >= 15 is 0 Å². The fourth-order valence-corrected chi connectivity index (χ4v) is 4.69. The average Bonchev–Trinajstić information content (AvgIpc) is 3.17. The van der Waals surface area contributed by atoms with Gasteiger partial charge < -0.3 is 10.1 Å². The number of ether oxygens (including phenoxy) is 1. The summed E-state index contributed by atoms with van der Waals surface area (Å²) in [5.74, 6) is 4.36. The number of thioether (sulfide) groups is 2. The van der Waals surface area contributed by atoms with Crippen LogP contribution >= 0.6 is 35.1 Å². The quantitative estimate of drug-likeness (QED) is 0.244. The van der Waals surface area contributed by atoms with Gasteiger partial charge in [0.1, 0.15) is 29.0 Å². The largest absolute Gasteiger partial charge is 0.461 e. The van der Waals surface area contributed by atoms with Crippen molar-refractivity contribution in [3.63, 3.8) is 0 Å². The molecule has 0 fully saturated rings. The molecule has 0 radical (unpaired) electrons. The van der Waals surface area contributed by atoms with Gasteiger partial charge >= 0.3 is 0 Å². The second kappa shape index (κ2) is 9.58. The van der Waals surface area contributed by atoms with E-state index in [0.717, 1.165) is 39.6 Å². The van der Waals surface area contributed by atoms with Crippen molar-refractivity contribution >= 4 is 46.8 Å². The van der Waals surface area contributed by atoms with Crippen LogP contribution in [-0.2, 0) is 0 Å². The Balaban J connectivity index is 1.70. The van der Waals surface area contributed by atoms with Gasteiger partial charge in [-0.15, -0.1) is 11.8 Å². The first-order valence-electron chi connectivity index (χ1n) is 10.1. The molecule has 2 aliphatic rings. The third-order valence-electron chi connectivity index (χ3n) is 4.67. The summed E-state index contributed by atoms with van der Waals surface area (Å²) in [4.78, 5) is 14.4. The van der Waals surface area contributed by atoms with Gasteiger partial charge in [0.2, 0.25) is 0 Å². The van der Waals surface area contributed by atoms with E-state index < -0.39 is 0 Å². The molecular weight excluding hydrogens is 452 g/mol. The van der Waals surface area contributed by atoms with Crippen LogP contribution in [0.4, 0.5) is 5.82 Å². The van der Waals surface area contributed by atoms with Crippen LogP contribution in [0.1, 0.15) is 32.8 Å². The maximum Gasteiger partial charge on any atom is 0.190 e. The van der Waals surface area contributed by atoms with Gasteiger partial charge in [-0.1, -0.05) is 44.1 Å². The van der Waals surface area contributed by atoms with Crippen LogP contribution in [0.25, 0.3) is 0 Å². The first-order chi connectivity index (χ1) is 15.0. The summed E-state index contributed by atoms with van der Waals surface area (Å²) in [7, 11) is 0. The van der Waals surface area contributed by atoms with Gasteiger partial charge in [-0.3, -0.25) is 5.43 Å². The van der Waals surface area contributed by atoms with Crippen molar-refractivity contribution < 1.29 is 4.74 Å². The summed E-state index contributed by atoms with van der Waals surface area (Å²) < 4.78 is 5.79. The number of aliphatic imine (C=N–C) groups is 1. The van der Waals surface area contributed by atoms with Crippen LogP contribution < -0.4 is 15.5 Å². The van der Waals surface area contributed by atoms with Crippen molar-refractivity contribution in [1.29, 1.82) is 0 Å². The molecule has 2 aromatic rings. The summed E-state index contributed by atoms with van der Waals surface area (Å²) in [5.41, 5.74) is 4.28. The van der Waals surface area contributed by atoms with Gasteiger partial charge in [-0.2, -0.15) is 0 Å². The Bertz CT molecular complexity index is 1010. The molecule has 0 bridgehead atoms. The number of amidine groups is 1. The lowest BCUT2D eigenvalue weighted by Gasteiger charge is -2.37. The molecule has 1 aromatic heterocycles. The van der Waals surface area contributed by atoms with E-state index in [1.165, 1.54) is 0 Å². The van der Waals surface area contributed by atoms with Crippen LogP contribution in [0.2, 0.25) is 5.02 Å². The number of nitrogens with one attached hydrogen (secondary N) is 2. The molecule has 10 heteroatoms. The first-order valence-corrected chi connectivity index (χ1v) is 12.7. The van der Waals surface area contributed by atoms with E-state index in [2.05, 4.69) is 36.5 Å². The molecule has 0 saturated heterocycles. The van der Waals surface area contributed by atoms with Crippen molar-refractivity contribution in [3.8, 4) is 5.75 Å². The third-order valence-corrected chi connectivity index (χ3v) is 6.33. The Morgan fingerprint density at radius 3 is 2.71 bits per heavy atom. The number of nitrogens with zero attached hydrogens (tertiary/aromatic N) is 4. The number of fused-ring (bicyclic) bond motifs is 3. The van der Waals surface area contributed by atoms with Crippen molar-refractivity contribution in [2.24, 2.45) is 10.9 Å². The zero-order chi connectivity index (χ0) is 22.0. The molecule has 7 nitrogen and oxygen atoms in total. The Labute approximate surface area is 196 Å². The van der Waals surface area contributed by atoms with Crippen LogP contribution in [0.15, 0.2) is 51.5 Å². The number of hydrazine groups is 1. The molecule has 4 rings (SSSR count). The predicted octanol–water partition coefficient (Wildman–Crippen LogP) is 5.21. The van der Waals surface area contributed by atoms with E-state index in [-0.39, 0.29) is 6.17 Å². The van der Waals surface area contributed by atoms with Crippen LogP contribution in [0, 0.1) is 5.92 Å². The van der Waals surface area contributed by atoms with Crippen molar-refractivity contribution in [3.05, 3.63) is 46.9 Å². The minimum atomic E-state index is 0.0109. The van der Waals surface area contributed by atoms with Crippen molar-refractivity contribution in [2.45, 2.75) is 43.5 Å². The maximum absolute atomic E-state index is 5.95. The fourth-order valence-electron chi connectivity index (χ4n) is 3.36. The number of rotatable bonds is 7. The highest BCUT2D eigenvalue weighted by Gasteiger charge is 2.38. The third kappa shape index (κ3) is 4.88. The first kappa shape index (κ1) is 22.1. The molecule has 0 spiro atoms. The van der Waals surface area contributed by atoms with Gasteiger partial charge in [0, 0.05) is 5.02 Å². The van der Waals surface area contributed by atoms with Gasteiger partial charge in [0.15, 0.2) is 16.8 Å². The van der Waals surface area contributed by atoms with Crippen LogP contribution in [-0.4, -0.2) is 39.0 Å². The summed E-state index contributed by atoms with van der Waals surface area (Å²) in [6.07, 6.45) is 4.57.